The second-order valence-electron chi connectivity index (χ2n) is 4.86. The number of benzene rings is 3. The van der Waals surface area contributed by atoms with Crippen molar-refractivity contribution < 1.29 is 13.2 Å². The molecule has 3 rings (SSSR count). The predicted molar refractivity (Wildman–Crippen MR) is 79.1 cm³/mol. The number of nitrogens with zero attached hydrogens (tertiary/aromatic N) is 1. The van der Waals surface area contributed by atoms with Gasteiger partial charge in [-0.25, -0.2) is 0 Å². The van der Waals surface area contributed by atoms with Gasteiger partial charge in [0.1, 0.15) is 6.07 Å². The number of fused-ring (bicyclic) bond motifs is 1. The van der Waals surface area contributed by atoms with Crippen LogP contribution in [0.1, 0.15) is 11.1 Å². The van der Waals surface area contributed by atoms with E-state index < -0.39 is 11.7 Å². The van der Waals surface area contributed by atoms with Gasteiger partial charge in [0.15, 0.2) is 0 Å². The van der Waals surface area contributed by atoms with Gasteiger partial charge in [0.25, 0.3) is 0 Å². The minimum Gasteiger partial charge on any atom is -0.192 e. The van der Waals surface area contributed by atoms with E-state index in [-0.39, 0.29) is 11.1 Å². The smallest absolute Gasteiger partial charge is 0.192 e. The first-order valence-corrected chi connectivity index (χ1v) is 6.61. The molecule has 1 nitrogen and oxygen atoms in total. The van der Waals surface area contributed by atoms with E-state index in [2.05, 4.69) is 0 Å². The average Bonchev–Trinajstić information content (AvgIpc) is 2.53. The van der Waals surface area contributed by atoms with Crippen molar-refractivity contribution in [2.24, 2.45) is 0 Å². The summed E-state index contributed by atoms with van der Waals surface area (Å²) in [7, 11) is 0. The van der Waals surface area contributed by atoms with Crippen molar-refractivity contribution in [2.75, 3.05) is 0 Å². The Morgan fingerprint density at radius 1 is 0.773 bits per heavy atom. The van der Waals surface area contributed by atoms with Crippen LogP contribution in [0.2, 0.25) is 0 Å². The molecule has 0 aliphatic heterocycles. The lowest BCUT2D eigenvalue weighted by atomic mass is 9.92. The van der Waals surface area contributed by atoms with E-state index in [9.17, 15) is 18.4 Å². The Labute approximate surface area is 125 Å². The maximum Gasteiger partial charge on any atom is 0.417 e. The summed E-state index contributed by atoms with van der Waals surface area (Å²) in [5, 5.41) is 10.9. The number of halogens is 3. The second-order valence-corrected chi connectivity index (χ2v) is 4.86. The minimum atomic E-state index is -4.46. The summed E-state index contributed by atoms with van der Waals surface area (Å²) in [6, 6.07) is 17.8. The maximum absolute atomic E-state index is 13.2. The predicted octanol–water partition coefficient (Wildman–Crippen LogP) is 5.40. The van der Waals surface area contributed by atoms with Gasteiger partial charge in [0, 0.05) is 10.9 Å². The molecule has 0 fully saturated rings. The summed E-state index contributed by atoms with van der Waals surface area (Å²) in [5.74, 6) is 0. The fourth-order valence-corrected chi connectivity index (χ4v) is 2.58. The van der Waals surface area contributed by atoms with Gasteiger partial charge in [-0.2, -0.15) is 18.4 Å². The normalized spacial score (nSPS) is 11.4. The molecule has 0 atom stereocenters. The van der Waals surface area contributed by atoms with Crippen LogP contribution in [0.4, 0.5) is 13.2 Å². The molecule has 0 spiro atoms. The van der Waals surface area contributed by atoms with Gasteiger partial charge >= 0.3 is 6.18 Å². The molecule has 108 valence electrons. The van der Waals surface area contributed by atoms with Crippen LogP contribution in [0.3, 0.4) is 0 Å². The van der Waals surface area contributed by atoms with E-state index in [0.29, 0.717) is 10.9 Å². The van der Waals surface area contributed by atoms with Crippen molar-refractivity contribution in [3.63, 3.8) is 0 Å². The van der Waals surface area contributed by atoms with Gasteiger partial charge in [-0.1, -0.05) is 54.6 Å². The maximum atomic E-state index is 13.2. The Balaban J connectivity index is 2.35. The molecule has 0 aliphatic rings. The molecule has 0 saturated heterocycles. The van der Waals surface area contributed by atoms with E-state index in [1.54, 1.807) is 30.3 Å². The minimum absolute atomic E-state index is 0.0253. The highest BCUT2D eigenvalue weighted by Crippen LogP contribution is 2.39. The highest BCUT2D eigenvalue weighted by Gasteiger charge is 2.33. The zero-order valence-electron chi connectivity index (χ0n) is 11.4. The van der Waals surface area contributed by atoms with Crippen molar-refractivity contribution in [3.8, 4) is 17.2 Å². The SMILES string of the molecule is N#Cc1c(-c2ccccc2C(F)(F)F)ccc2ccccc12. The van der Waals surface area contributed by atoms with Gasteiger partial charge in [-0.3, -0.25) is 0 Å². The zero-order chi connectivity index (χ0) is 15.7. The molecule has 0 bridgehead atoms. The molecule has 0 amide bonds. The summed E-state index contributed by atoms with van der Waals surface area (Å²) in [6.07, 6.45) is -4.46. The van der Waals surface area contributed by atoms with Gasteiger partial charge in [-0.05, 0) is 17.0 Å². The van der Waals surface area contributed by atoms with Crippen LogP contribution in [0.15, 0.2) is 60.7 Å². The van der Waals surface area contributed by atoms with Gasteiger partial charge in [0.2, 0.25) is 0 Å². The Hall–Kier alpha value is -2.80. The fraction of sp³-hybridized carbons (Fsp3) is 0.0556. The molecule has 3 aromatic rings. The van der Waals surface area contributed by atoms with E-state index in [1.807, 2.05) is 18.2 Å². The van der Waals surface area contributed by atoms with Crippen LogP contribution in [-0.4, -0.2) is 0 Å². The molecule has 0 N–H and O–H groups in total. The number of hydrogen-bond acceptors (Lipinski definition) is 1. The van der Waals surface area contributed by atoms with Gasteiger partial charge in [0.05, 0.1) is 11.1 Å². The summed E-state index contributed by atoms with van der Waals surface area (Å²) in [5.41, 5.74) is -0.150. The first kappa shape index (κ1) is 14.2. The molecule has 0 saturated carbocycles. The van der Waals surface area contributed by atoms with Crippen molar-refractivity contribution >= 4 is 10.8 Å². The quantitative estimate of drug-likeness (QED) is 0.590. The number of rotatable bonds is 1. The Bertz CT molecular complexity index is 889. The van der Waals surface area contributed by atoms with Crippen LogP contribution in [-0.2, 0) is 6.18 Å². The average molecular weight is 297 g/mol. The highest BCUT2D eigenvalue weighted by atomic mass is 19.4. The van der Waals surface area contributed by atoms with Crippen LogP contribution in [0, 0.1) is 11.3 Å². The lowest BCUT2D eigenvalue weighted by molar-refractivity contribution is -0.137. The largest absolute Gasteiger partial charge is 0.417 e. The van der Waals surface area contributed by atoms with Crippen molar-refractivity contribution in [1.82, 2.24) is 0 Å². The highest BCUT2D eigenvalue weighted by molar-refractivity contribution is 5.94. The topological polar surface area (TPSA) is 23.8 Å². The first-order valence-electron chi connectivity index (χ1n) is 6.61. The second kappa shape index (κ2) is 5.19. The lowest BCUT2D eigenvalue weighted by Crippen LogP contribution is -2.07. The standard InChI is InChI=1S/C18H10F3N/c19-18(20,21)17-8-4-3-7-15(17)14-10-9-12-5-1-2-6-13(12)16(14)11-22/h1-10H. The Morgan fingerprint density at radius 2 is 1.45 bits per heavy atom. The third-order valence-electron chi connectivity index (χ3n) is 3.56. The fourth-order valence-electron chi connectivity index (χ4n) is 2.58. The van der Waals surface area contributed by atoms with Crippen molar-refractivity contribution in [3.05, 3.63) is 71.8 Å². The zero-order valence-corrected chi connectivity index (χ0v) is 11.4. The molecular formula is C18H10F3N. The third kappa shape index (κ3) is 2.31. The summed E-state index contributed by atoms with van der Waals surface area (Å²) >= 11 is 0. The van der Waals surface area contributed by atoms with E-state index in [0.717, 1.165) is 11.5 Å². The van der Waals surface area contributed by atoms with Crippen molar-refractivity contribution in [1.29, 1.82) is 5.26 Å². The molecule has 0 heterocycles. The summed E-state index contributed by atoms with van der Waals surface area (Å²) in [4.78, 5) is 0. The van der Waals surface area contributed by atoms with E-state index in [4.69, 9.17) is 0 Å². The van der Waals surface area contributed by atoms with E-state index in [1.165, 1.54) is 12.1 Å². The molecule has 0 unspecified atom stereocenters. The van der Waals surface area contributed by atoms with E-state index >= 15 is 0 Å². The molecule has 0 aliphatic carbocycles. The molecule has 0 aromatic heterocycles. The van der Waals surface area contributed by atoms with Gasteiger partial charge in [-0.15, -0.1) is 0 Å². The van der Waals surface area contributed by atoms with Gasteiger partial charge < -0.3 is 0 Å². The monoisotopic (exact) mass is 297 g/mol. The molecule has 3 aromatic carbocycles. The summed E-state index contributed by atoms with van der Waals surface area (Å²) < 4.78 is 39.6. The number of nitriles is 1. The molecule has 22 heavy (non-hydrogen) atoms. The Kier molecular flexibility index (Phi) is 3.34. The Morgan fingerprint density at radius 3 is 2.18 bits per heavy atom. The summed E-state index contributed by atoms with van der Waals surface area (Å²) in [6.45, 7) is 0. The molecule has 4 heteroatoms. The first-order chi connectivity index (χ1) is 10.5. The third-order valence-corrected chi connectivity index (χ3v) is 3.56. The number of hydrogen-bond donors (Lipinski definition) is 0. The van der Waals surface area contributed by atoms with Crippen LogP contribution >= 0.6 is 0 Å². The van der Waals surface area contributed by atoms with Crippen LogP contribution in [0.25, 0.3) is 21.9 Å². The molecular weight excluding hydrogens is 287 g/mol. The van der Waals surface area contributed by atoms with Crippen molar-refractivity contribution in [2.45, 2.75) is 6.18 Å². The number of alkyl halides is 3. The van der Waals surface area contributed by atoms with Crippen LogP contribution < -0.4 is 0 Å². The van der Waals surface area contributed by atoms with Crippen LogP contribution in [0.5, 0.6) is 0 Å². The molecule has 0 radical (unpaired) electrons. The lowest BCUT2D eigenvalue weighted by Gasteiger charge is -2.14.